The first-order valence-corrected chi connectivity index (χ1v) is 9.84. The van der Waals surface area contributed by atoms with Gasteiger partial charge in [0.1, 0.15) is 11.3 Å². The number of ether oxygens (including phenoxy) is 1. The highest BCUT2D eigenvalue weighted by Gasteiger charge is 2.22. The van der Waals surface area contributed by atoms with Crippen LogP contribution in [0.2, 0.25) is 0 Å². The molecule has 2 heterocycles. The molecule has 4 aromatic rings. The SMILES string of the molecule is CC(Oc1ccc(CNc2nccc(C(C#N)c3nc4ccccc4o3)n2)cc1)C(=O)O. The molecule has 160 valence electrons. The molecule has 2 aromatic heterocycles. The molecule has 0 bridgehead atoms. The molecule has 2 N–H and O–H groups in total. The largest absolute Gasteiger partial charge is 0.479 e. The second-order valence-electron chi connectivity index (χ2n) is 6.98. The molecule has 9 heteroatoms. The molecule has 2 atom stereocenters. The minimum Gasteiger partial charge on any atom is -0.479 e. The molecule has 0 fully saturated rings. The van der Waals surface area contributed by atoms with Crippen LogP contribution in [0.15, 0.2) is 65.2 Å². The van der Waals surface area contributed by atoms with Crippen LogP contribution in [0.1, 0.15) is 30.0 Å². The van der Waals surface area contributed by atoms with E-state index >= 15 is 0 Å². The number of nitriles is 1. The van der Waals surface area contributed by atoms with Gasteiger partial charge in [0.15, 0.2) is 17.6 Å². The summed E-state index contributed by atoms with van der Waals surface area (Å²) in [7, 11) is 0. The number of nitrogens with one attached hydrogen (secondary N) is 1. The van der Waals surface area contributed by atoms with Crippen LogP contribution in [0.4, 0.5) is 5.95 Å². The zero-order chi connectivity index (χ0) is 22.5. The highest BCUT2D eigenvalue weighted by molar-refractivity contribution is 5.72. The second kappa shape index (κ2) is 9.14. The van der Waals surface area contributed by atoms with E-state index in [2.05, 4.69) is 26.3 Å². The summed E-state index contributed by atoms with van der Waals surface area (Å²) < 4.78 is 11.1. The molecule has 2 aromatic carbocycles. The summed E-state index contributed by atoms with van der Waals surface area (Å²) in [6.07, 6.45) is 0.645. The van der Waals surface area contributed by atoms with Crippen LogP contribution in [0.5, 0.6) is 5.75 Å². The first-order valence-electron chi connectivity index (χ1n) is 9.84. The summed E-state index contributed by atoms with van der Waals surface area (Å²) in [5, 5.41) is 21.7. The molecule has 0 amide bonds. The predicted octanol–water partition coefficient (Wildman–Crippen LogP) is 3.74. The van der Waals surface area contributed by atoms with Crippen LogP contribution in [-0.2, 0) is 11.3 Å². The third kappa shape index (κ3) is 4.65. The number of nitrogens with zero attached hydrogens (tertiary/aromatic N) is 4. The van der Waals surface area contributed by atoms with Crippen LogP contribution < -0.4 is 10.1 Å². The van der Waals surface area contributed by atoms with Crippen molar-refractivity contribution in [2.45, 2.75) is 25.5 Å². The van der Waals surface area contributed by atoms with E-state index < -0.39 is 18.0 Å². The number of oxazole rings is 1. The van der Waals surface area contributed by atoms with Gasteiger partial charge in [0, 0.05) is 12.7 Å². The lowest BCUT2D eigenvalue weighted by molar-refractivity contribution is -0.144. The number of hydrogen-bond acceptors (Lipinski definition) is 8. The molecule has 0 aliphatic carbocycles. The number of carboxylic acid groups (broad SMARTS) is 1. The Kier molecular flexibility index (Phi) is 5.94. The molecule has 0 spiro atoms. The number of fused-ring (bicyclic) bond motifs is 1. The van der Waals surface area contributed by atoms with Crippen LogP contribution in [0, 0.1) is 11.3 Å². The number of benzene rings is 2. The fourth-order valence-corrected chi connectivity index (χ4v) is 3.00. The molecule has 32 heavy (non-hydrogen) atoms. The summed E-state index contributed by atoms with van der Waals surface area (Å²) in [6.45, 7) is 1.90. The number of carboxylic acids is 1. The van der Waals surface area contributed by atoms with E-state index in [0.29, 0.717) is 35.0 Å². The van der Waals surface area contributed by atoms with E-state index in [9.17, 15) is 10.1 Å². The Labute approximate surface area is 183 Å². The molecule has 0 saturated carbocycles. The van der Waals surface area contributed by atoms with E-state index in [1.807, 2.05) is 30.3 Å². The molecule has 0 aliphatic rings. The van der Waals surface area contributed by atoms with E-state index in [4.69, 9.17) is 14.3 Å². The summed E-state index contributed by atoms with van der Waals surface area (Å²) in [5.41, 5.74) is 2.69. The average Bonchev–Trinajstić information content (AvgIpc) is 3.23. The summed E-state index contributed by atoms with van der Waals surface area (Å²) in [5.74, 6) is -0.680. The van der Waals surface area contributed by atoms with Crippen molar-refractivity contribution in [3.63, 3.8) is 0 Å². The zero-order valence-electron chi connectivity index (χ0n) is 17.1. The number of rotatable bonds is 8. The first-order chi connectivity index (χ1) is 15.5. The van der Waals surface area contributed by atoms with Crippen molar-refractivity contribution in [1.82, 2.24) is 15.0 Å². The normalized spacial score (nSPS) is 12.6. The maximum Gasteiger partial charge on any atom is 0.344 e. The fraction of sp³-hybridized carbons (Fsp3) is 0.174. The Morgan fingerprint density at radius 2 is 1.97 bits per heavy atom. The number of aromatic nitrogens is 3. The van der Waals surface area contributed by atoms with E-state index in [0.717, 1.165) is 5.56 Å². The standard InChI is InChI=1S/C23H19N5O4/c1-14(22(29)30)31-16-8-6-15(7-9-16)13-26-23-25-11-10-18(28-23)17(12-24)21-27-19-4-2-3-5-20(19)32-21/h2-11,14,17H,13H2,1H3,(H,29,30)(H,25,26,28). The lowest BCUT2D eigenvalue weighted by Crippen LogP contribution is -2.22. The highest BCUT2D eigenvalue weighted by Crippen LogP contribution is 2.26. The smallest absolute Gasteiger partial charge is 0.344 e. The van der Waals surface area contributed by atoms with Gasteiger partial charge in [-0.3, -0.25) is 0 Å². The number of hydrogen-bond donors (Lipinski definition) is 2. The summed E-state index contributed by atoms with van der Waals surface area (Å²) >= 11 is 0. The van der Waals surface area contributed by atoms with Gasteiger partial charge in [-0.1, -0.05) is 24.3 Å². The van der Waals surface area contributed by atoms with Gasteiger partial charge < -0.3 is 19.6 Å². The van der Waals surface area contributed by atoms with E-state index in [1.165, 1.54) is 6.92 Å². The third-order valence-corrected chi connectivity index (χ3v) is 4.69. The van der Waals surface area contributed by atoms with Gasteiger partial charge in [-0.25, -0.2) is 19.7 Å². The Hall–Kier alpha value is -4.45. The van der Waals surface area contributed by atoms with Crippen molar-refractivity contribution >= 4 is 23.0 Å². The highest BCUT2D eigenvalue weighted by atomic mass is 16.5. The first kappa shape index (κ1) is 20.8. The third-order valence-electron chi connectivity index (χ3n) is 4.69. The van der Waals surface area contributed by atoms with Gasteiger partial charge in [0.2, 0.25) is 11.8 Å². The quantitative estimate of drug-likeness (QED) is 0.429. The van der Waals surface area contributed by atoms with Crippen molar-refractivity contribution in [2.75, 3.05) is 5.32 Å². The van der Waals surface area contributed by atoms with Gasteiger partial charge in [0.05, 0.1) is 11.8 Å². The van der Waals surface area contributed by atoms with Crippen molar-refractivity contribution in [1.29, 1.82) is 5.26 Å². The van der Waals surface area contributed by atoms with Crippen LogP contribution >= 0.6 is 0 Å². The fourth-order valence-electron chi connectivity index (χ4n) is 3.00. The molecule has 0 saturated heterocycles. The maximum absolute atomic E-state index is 10.9. The molecule has 9 nitrogen and oxygen atoms in total. The van der Waals surface area contributed by atoms with Gasteiger partial charge in [-0.05, 0) is 42.8 Å². The number of para-hydroxylation sites is 2. The van der Waals surface area contributed by atoms with Crippen molar-refractivity contribution in [3.05, 3.63) is 77.9 Å². The Bertz CT molecular complexity index is 1250. The van der Waals surface area contributed by atoms with Crippen molar-refractivity contribution < 1.29 is 19.1 Å². The Balaban J connectivity index is 1.44. The lowest BCUT2D eigenvalue weighted by atomic mass is 10.1. The number of aliphatic carboxylic acids is 1. The van der Waals surface area contributed by atoms with E-state index in [-0.39, 0.29) is 5.89 Å². The van der Waals surface area contributed by atoms with Gasteiger partial charge in [-0.15, -0.1) is 0 Å². The predicted molar refractivity (Wildman–Crippen MR) is 115 cm³/mol. The van der Waals surface area contributed by atoms with Crippen LogP contribution in [0.25, 0.3) is 11.1 Å². The van der Waals surface area contributed by atoms with Gasteiger partial charge >= 0.3 is 5.97 Å². The Morgan fingerprint density at radius 3 is 2.69 bits per heavy atom. The van der Waals surface area contributed by atoms with Gasteiger partial charge in [0.25, 0.3) is 0 Å². The Morgan fingerprint density at radius 1 is 1.19 bits per heavy atom. The second-order valence-corrected chi connectivity index (χ2v) is 6.98. The van der Waals surface area contributed by atoms with Crippen molar-refractivity contribution in [2.24, 2.45) is 0 Å². The molecule has 0 radical (unpaired) electrons. The topological polar surface area (TPSA) is 134 Å². The summed E-state index contributed by atoms with van der Waals surface area (Å²) in [6, 6.07) is 18.2. The molecule has 0 aliphatic heterocycles. The average molecular weight is 429 g/mol. The number of anilines is 1. The number of carbonyl (C=O) groups is 1. The van der Waals surface area contributed by atoms with Crippen molar-refractivity contribution in [3.8, 4) is 11.8 Å². The summed E-state index contributed by atoms with van der Waals surface area (Å²) in [4.78, 5) is 23.9. The maximum atomic E-state index is 10.9. The molecule has 4 rings (SSSR count). The van der Waals surface area contributed by atoms with Crippen LogP contribution in [0.3, 0.4) is 0 Å². The van der Waals surface area contributed by atoms with Crippen LogP contribution in [-0.4, -0.2) is 32.1 Å². The lowest BCUT2D eigenvalue weighted by Gasteiger charge is -2.11. The molecule has 2 unspecified atom stereocenters. The molecular weight excluding hydrogens is 410 g/mol. The van der Waals surface area contributed by atoms with E-state index in [1.54, 1.807) is 30.5 Å². The zero-order valence-corrected chi connectivity index (χ0v) is 17.1. The minimum absolute atomic E-state index is 0.282. The van der Waals surface area contributed by atoms with Gasteiger partial charge in [-0.2, -0.15) is 5.26 Å². The molecular formula is C23H19N5O4. The monoisotopic (exact) mass is 429 g/mol. The minimum atomic E-state index is -1.03.